The van der Waals surface area contributed by atoms with Crippen LogP contribution in [0, 0.1) is 0 Å². The third-order valence-electron chi connectivity index (χ3n) is 3.52. The molecule has 0 aliphatic heterocycles. The van der Waals surface area contributed by atoms with E-state index in [4.69, 9.17) is 18.2 Å². The number of hydrogen-bond acceptors (Lipinski definition) is 6. The summed E-state index contributed by atoms with van der Waals surface area (Å²) in [5.74, 6) is -1.01. The van der Waals surface area contributed by atoms with Gasteiger partial charge in [0.2, 0.25) is 0 Å². The van der Waals surface area contributed by atoms with E-state index >= 15 is 0 Å². The number of alkyl carbamates (subject to hydrolysis) is 1. The summed E-state index contributed by atoms with van der Waals surface area (Å²) >= 11 is 0. The average molecular weight is 446 g/mol. The molecule has 0 fully saturated rings. The van der Waals surface area contributed by atoms with Crippen LogP contribution in [0.1, 0.15) is 46.2 Å². The molecule has 1 N–H and O–H groups in total. The van der Waals surface area contributed by atoms with Crippen molar-refractivity contribution in [2.45, 2.75) is 71.7 Å². The van der Waals surface area contributed by atoms with Crippen molar-refractivity contribution in [3.05, 3.63) is 35.9 Å². The zero-order valence-corrected chi connectivity index (χ0v) is 20.7. The van der Waals surface area contributed by atoms with Gasteiger partial charge in [0.25, 0.3) is 0 Å². The highest BCUT2D eigenvalue weighted by molar-refractivity contribution is 7.54. The number of amides is 1. The van der Waals surface area contributed by atoms with Gasteiger partial charge in [-0.1, -0.05) is 30.3 Å². The van der Waals surface area contributed by atoms with Crippen LogP contribution in [0.5, 0.6) is 0 Å². The minimum atomic E-state index is -3.71. The maximum absolute atomic E-state index is 13.7. The molecule has 0 saturated heterocycles. The number of benzene rings is 1. The van der Waals surface area contributed by atoms with Gasteiger partial charge >= 0.3 is 13.7 Å². The van der Waals surface area contributed by atoms with Gasteiger partial charge in [-0.2, -0.15) is 0 Å². The molecule has 166 valence electrons. The van der Waals surface area contributed by atoms with Crippen LogP contribution in [0.2, 0.25) is 19.6 Å². The third kappa shape index (κ3) is 9.01. The molecule has 0 bridgehead atoms. The van der Waals surface area contributed by atoms with E-state index in [0.717, 1.165) is 5.56 Å². The molecule has 1 aromatic rings. The summed E-state index contributed by atoms with van der Waals surface area (Å²) in [6.07, 6.45) is -0.630. The molecule has 9 heteroatoms. The van der Waals surface area contributed by atoms with Crippen LogP contribution >= 0.6 is 7.60 Å². The van der Waals surface area contributed by atoms with Crippen molar-refractivity contribution in [1.29, 1.82) is 0 Å². The zero-order chi connectivity index (χ0) is 22.3. The van der Waals surface area contributed by atoms with E-state index in [2.05, 4.69) is 5.32 Å². The smallest absolute Gasteiger partial charge is 0.408 e. The van der Waals surface area contributed by atoms with Gasteiger partial charge in [-0.15, -0.1) is 0 Å². The summed E-state index contributed by atoms with van der Waals surface area (Å²) in [6.45, 7) is 15.2. The van der Waals surface area contributed by atoms with Crippen LogP contribution in [0.15, 0.2) is 30.3 Å². The lowest BCUT2D eigenvalue weighted by Crippen LogP contribution is -2.44. The van der Waals surface area contributed by atoms with Crippen molar-refractivity contribution in [2.75, 3.05) is 13.2 Å². The van der Waals surface area contributed by atoms with Gasteiger partial charge < -0.3 is 23.5 Å². The molecule has 0 aromatic heterocycles. The van der Waals surface area contributed by atoms with E-state index < -0.39 is 39.5 Å². The Morgan fingerprint density at radius 2 is 1.59 bits per heavy atom. The van der Waals surface area contributed by atoms with E-state index in [-0.39, 0.29) is 13.2 Å². The maximum atomic E-state index is 13.7. The van der Waals surface area contributed by atoms with Gasteiger partial charge in [-0.3, -0.25) is 4.57 Å². The van der Waals surface area contributed by atoms with Crippen LogP contribution in [0.25, 0.3) is 0 Å². The molecule has 7 nitrogen and oxygen atoms in total. The maximum Gasteiger partial charge on any atom is 0.408 e. The molecule has 2 atom stereocenters. The predicted octanol–water partition coefficient (Wildman–Crippen LogP) is 5.70. The Morgan fingerprint density at radius 3 is 2.00 bits per heavy atom. The standard InChI is InChI=1S/C20H36NO6PSi/c1-9-24-28(23,25-10-2)18(27-29(6,7)8)17(16-14-12-11-13-15-16)21-19(22)26-20(3,4)5/h11-15,17-18H,9-10H2,1-8H3,(H,21,22)/t17-,18-/m1/s1. The van der Waals surface area contributed by atoms with Crippen LogP contribution < -0.4 is 5.32 Å². The fraction of sp³-hybridized carbons (Fsp3) is 0.650. The fourth-order valence-electron chi connectivity index (χ4n) is 2.64. The molecule has 0 aliphatic carbocycles. The fourth-order valence-corrected chi connectivity index (χ4v) is 6.66. The highest BCUT2D eigenvalue weighted by atomic mass is 31.2. The first-order valence-corrected chi connectivity index (χ1v) is 14.9. The second kappa shape index (κ2) is 10.7. The lowest BCUT2D eigenvalue weighted by atomic mass is 10.1. The Bertz CT molecular complexity index is 676. The lowest BCUT2D eigenvalue weighted by molar-refractivity contribution is 0.0458. The molecule has 0 spiro atoms. The predicted molar refractivity (Wildman–Crippen MR) is 118 cm³/mol. The van der Waals surface area contributed by atoms with Gasteiger partial charge in [-0.05, 0) is 59.8 Å². The molecule has 0 heterocycles. The second-order valence-corrected chi connectivity index (χ2v) is 15.1. The van der Waals surface area contributed by atoms with Gasteiger partial charge in [-0.25, -0.2) is 4.79 Å². The van der Waals surface area contributed by atoms with Crippen LogP contribution in [0.3, 0.4) is 0 Å². The average Bonchev–Trinajstić information content (AvgIpc) is 2.57. The highest BCUT2D eigenvalue weighted by Crippen LogP contribution is 2.58. The van der Waals surface area contributed by atoms with Crippen LogP contribution in [-0.4, -0.2) is 39.1 Å². The first kappa shape index (κ1) is 25.9. The minimum Gasteiger partial charge on any atom is -0.444 e. The number of carbonyl (C=O) groups is 1. The van der Waals surface area contributed by atoms with E-state index in [1.165, 1.54) is 0 Å². The molecule has 1 rings (SSSR count). The summed E-state index contributed by atoms with van der Waals surface area (Å²) in [6, 6.07) is 8.46. The molecule has 0 unspecified atom stereocenters. The van der Waals surface area contributed by atoms with Crippen molar-refractivity contribution in [2.24, 2.45) is 0 Å². The summed E-state index contributed by atoms with van der Waals surface area (Å²) in [4.78, 5) is 12.6. The second-order valence-electron chi connectivity index (χ2n) is 8.53. The molecule has 1 amide bonds. The Labute approximate surface area is 176 Å². The van der Waals surface area contributed by atoms with Crippen molar-refractivity contribution in [3.8, 4) is 0 Å². The number of carbonyl (C=O) groups excluding carboxylic acids is 1. The molecule has 0 aliphatic rings. The summed E-state index contributed by atoms with van der Waals surface area (Å²) < 4.78 is 36.7. The summed E-state index contributed by atoms with van der Waals surface area (Å²) in [7, 11) is -5.92. The molecule has 0 saturated carbocycles. The number of rotatable bonds is 10. The Balaban J connectivity index is 3.45. The lowest BCUT2D eigenvalue weighted by Gasteiger charge is -2.37. The van der Waals surface area contributed by atoms with E-state index in [1.54, 1.807) is 34.6 Å². The topological polar surface area (TPSA) is 83.1 Å². The zero-order valence-electron chi connectivity index (χ0n) is 18.9. The Morgan fingerprint density at radius 1 is 1.07 bits per heavy atom. The first-order valence-electron chi connectivity index (χ1n) is 9.92. The quantitative estimate of drug-likeness (QED) is 0.368. The Kier molecular flexibility index (Phi) is 9.56. The molecule has 0 radical (unpaired) electrons. The van der Waals surface area contributed by atoms with E-state index in [1.807, 2.05) is 50.0 Å². The largest absolute Gasteiger partial charge is 0.444 e. The molecular weight excluding hydrogens is 409 g/mol. The monoisotopic (exact) mass is 445 g/mol. The summed E-state index contributed by atoms with van der Waals surface area (Å²) in [5, 5.41) is 2.84. The third-order valence-corrected chi connectivity index (χ3v) is 6.94. The Hall–Kier alpha value is -1.18. The number of ether oxygens (including phenoxy) is 1. The molecular formula is C20H36NO6PSi. The van der Waals surface area contributed by atoms with Crippen LogP contribution in [0.4, 0.5) is 4.79 Å². The SMILES string of the molecule is CCOP(=O)(OCC)[C@@H](O[Si](C)(C)C)[C@H](NC(=O)OC(C)(C)C)c1ccccc1. The van der Waals surface area contributed by atoms with Gasteiger partial charge in [0.05, 0.1) is 19.3 Å². The number of nitrogens with one attached hydrogen (secondary N) is 1. The molecule has 1 aromatic carbocycles. The van der Waals surface area contributed by atoms with Crippen molar-refractivity contribution in [1.82, 2.24) is 5.32 Å². The number of hydrogen-bond donors (Lipinski definition) is 1. The molecule has 29 heavy (non-hydrogen) atoms. The first-order chi connectivity index (χ1) is 13.3. The van der Waals surface area contributed by atoms with Crippen LogP contribution in [-0.2, 0) is 22.8 Å². The van der Waals surface area contributed by atoms with Crippen molar-refractivity contribution in [3.63, 3.8) is 0 Å². The van der Waals surface area contributed by atoms with Gasteiger partial charge in [0.15, 0.2) is 14.2 Å². The highest BCUT2D eigenvalue weighted by Gasteiger charge is 2.46. The van der Waals surface area contributed by atoms with Crippen molar-refractivity contribution < 1.29 is 27.6 Å². The normalized spacial score (nSPS) is 14.9. The van der Waals surface area contributed by atoms with E-state index in [9.17, 15) is 9.36 Å². The summed E-state index contributed by atoms with van der Waals surface area (Å²) in [5.41, 5.74) is 0.0468. The van der Waals surface area contributed by atoms with E-state index in [0.29, 0.717) is 0 Å². The van der Waals surface area contributed by atoms with Crippen molar-refractivity contribution >= 4 is 22.0 Å². The van der Waals surface area contributed by atoms with Gasteiger partial charge in [0.1, 0.15) is 5.60 Å². The minimum absolute atomic E-state index is 0.191. The van der Waals surface area contributed by atoms with Gasteiger partial charge in [0, 0.05) is 0 Å².